The van der Waals surface area contributed by atoms with Crippen LogP contribution in [0.15, 0.2) is 12.1 Å². The summed E-state index contributed by atoms with van der Waals surface area (Å²) in [6.45, 7) is 4.62. The summed E-state index contributed by atoms with van der Waals surface area (Å²) in [5.41, 5.74) is 7.27. The van der Waals surface area contributed by atoms with Crippen molar-refractivity contribution >= 4 is 0 Å². The molecule has 0 atom stereocenters. The smallest absolute Gasteiger partial charge is 0.00384 e. The summed E-state index contributed by atoms with van der Waals surface area (Å²) in [5, 5.41) is 0. The van der Waals surface area contributed by atoms with E-state index in [0.717, 1.165) is 0 Å². The minimum absolute atomic E-state index is 0.602. The van der Waals surface area contributed by atoms with E-state index in [9.17, 15) is 0 Å². The lowest BCUT2D eigenvalue weighted by molar-refractivity contribution is 0.437. The zero-order valence-electron chi connectivity index (χ0n) is 10.6. The summed E-state index contributed by atoms with van der Waals surface area (Å²) >= 11 is 0. The SMILES string of the molecule is CCc1ccc(C)c2c1CCC21CCCC1. The number of fused-ring (bicyclic) bond motifs is 2. The van der Waals surface area contributed by atoms with Crippen molar-refractivity contribution in [3.05, 3.63) is 34.4 Å². The van der Waals surface area contributed by atoms with Crippen molar-refractivity contribution in [2.75, 3.05) is 0 Å². The summed E-state index contributed by atoms with van der Waals surface area (Å²) in [5.74, 6) is 0. The van der Waals surface area contributed by atoms with Gasteiger partial charge in [-0.15, -0.1) is 0 Å². The van der Waals surface area contributed by atoms with Gasteiger partial charge in [0.05, 0.1) is 0 Å². The van der Waals surface area contributed by atoms with E-state index in [-0.39, 0.29) is 0 Å². The lowest BCUT2D eigenvalue weighted by atomic mass is 9.78. The van der Waals surface area contributed by atoms with Crippen molar-refractivity contribution in [2.24, 2.45) is 0 Å². The monoisotopic (exact) mass is 214 g/mol. The molecule has 3 rings (SSSR count). The Bertz CT molecular complexity index is 408. The minimum Gasteiger partial charge on any atom is -0.0613 e. The molecule has 1 aromatic rings. The maximum Gasteiger partial charge on any atom is -0.00384 e. The van der Waals surface area contributed by atoms with Crippen LogP contribution in [0.5, 0.6) is 0 Å². The molecule has 0 amide bonds. The van der Waals surface area contributed by atoms with Crippen molar-refractivity contribution in [1.82, 2.24) is 0 Å². The Balaban J connectivity index is 2.17. The van der Waals surface area contributed by atoms with Gasteiger partial charge in [0.15, 0.2) is 0 Å². The quantitative estimate of drug-likeness (QED) is 0.653. The van der Waals surface area contributed by atoms with Gasteiger partial charge in [-0.1, -0.05) is 31.9 Å². The number of aryl methyl sites for hydroxylation is 2. The molecule has 86 valence electrons. The normalized spacial score (nSPS) is 21.6. The molecule has 0 aliphatic heterocycles. The van der Waals surface area contributed by atoms with E-state index in [1.165, 1.54) is 44.9 Å². The highest BCUT2D eigenvalue weighted by Gasteiger charge is 2.42. The average molecular weight is 214 g/mol. The average Bonchev–Trinajstić information content (AvgIpc) is 2.90. The molecule has 0 aromatic heterocycles. The number of hydrogen-bond donors (Lipinski definition) is 0. The Labute approximate surface area is 99.1 Å². The molecule has 0 unspecified atom stereocenters. The molecule has 0 nitrogen and oxygen atoms in total. The van der Waals surface area contributed by atoms with Crippen LogP contribution in [0.3, 0.4) is 0 Å². The van der Waals surface area contributed by atoms with E-state index >= 15 is 0 Å². The largest absolute Gasteiger partial charge is 0.0613 e. The van der Waals surface area contributed by atoms with Gasteiger partial charge in [-0.25, -0.2) is 0 Å². The third-order valence-electron chi connectivity index (χ3n) is 4.94. The van der Waals surface area contributed by atoms with Gasteiger partial charge >= 0.3 is 0 Å². The van der Waals surface area contributed by atoms with Gasteiger partial charge in [-0.3, -0.25) is 0 Å². The predicted octanol–water partition coefficient (Wildman–Crippen LogP) is 4.32. The van der Waals surface area contributed by atoms with Crippen molar-refractivity contribution in [2.45, 2.75) is 64.2 Å². The topological polar surface area (TPSA) is 0 Å². The zero-order chi connectivity index (χ0) is 11.2. The van der Waals surface area contributed by atoms with Crippen LogP contribution in [0.25, 0.3) is 0 Å². The lowest BCUT2D eigenvalue weighted by Gasteiger charge is -2.26. The molecule has 0 heteroatoms. The highest BCUT2D eigenvalue weighted by molar-refractivity contribution is 5.49. The molecule has 16 heavy (non-hydrogen) atoms. The minimum atomic E-state index is 0.602. The second-order valence-electron chi connectivity index (χ2n) is 5.74. The Morgan fingerprint density at radius 1 is 1.12 bits per heavy atom. The van der Waals surface area contributed by atoms with Crippen LogP contribution in [0.4, 0.5) is 0 Å². The summed E-state index contributed by atoms with van der Waals surface area (Å²) in [4.78, 5) is 0. The second kappa shape index (κ2) is 3.61. The van der Waals surface area contributed by atoms with Gasteiger partial charge in [0.1, 0.15) is 0 Å². The highest BCUT2D eigenvalue weighted by atomic mass is 14.5. The van der Waals surface area contributed by atoms with Crippen molar-refractivity contribution < 1.29 is 0 Å². The zero-order valence-corrected chi connectivity index (χ0v) is 10.6. The van der Waals surface area contributed by atoms with Crippen LogP contribution in [-0.4, -0.2) is 0 Å². The maximum atomic E-state index is 2.36. The Hall–Kier alpha value is -0.780. The molecule has 1 fully saturated rings. The summed E-state index contributed by atoms with van der Waals surface area (Å²) in [6.07, 6.45) is 9.80. The van der Waals surface area contributed by atoms with E-state index in [4.69, 9.17) is 0 Å². The fraction of sp³-hybridized carbons (Fsp3) is 0.625. The summed E-state index contributed by atoms with van der Waals surface area (Å²) < 4.78 is 0. The summed E-state index contributed by atoms with van der Waals surface area (Å²) in [7, 11) is 0. The molecule has 0 radical (unpaired) electrons. The van der Waals surface area contributed by atoms with Gasteiger partial charge in [-0.2, -0.15) is 0 Å². The first-order valence-electron chi connectivity index (χ1n) is 6.89. The predicted molar refractivity (Wildman–Crippen MR) is 69.0 cm³/mol. The van der Waals surface area contributed by atoms with Gasteiger partial charge in [0.2, 0.25) is 0 Å². The summed E-state index contributed by atoms with van der Waals surface area (Å²) in [6, 6.07) is 4.73. The van der Waals surface area contributed by atoms with Gasteiger partial charge in [0.25, 0.3) is 0 Å². The van der Waals surface area contributed by atoms with Gasteiger partial charge in [0, 0.05) is 0 Å². The molecule has 0 N–H and O–H groups in total. The Morgan fingerprint density at radius 3 is 2.56 bits per heavy atom. The number of hydrogen-bond acceptors (Lipinski definition) is 0. The molecule has 2 aliphatic rings. The number of rotatable bonds is 1. The second-order valence-corrected chi connectivity index (χ2v) is 5.74. The molecule has 1 aromatic carbocycles. The van der Waals surface area contributed by atoms with Crippen molar-refractivity contribution in [1.29, 1.82) is 0 Å². The standard InChI is InChI=1S/C16H22/c1-3-13-7-6-12(2)15-14(13)8-11-16(15)9-4-5-10-16/h6-7H,3-5,8-11H2,1-2H3. The Morgan fingerprint density at radius 2 is 1.88 bits per heavy atom. The van der Waals surface area contributed by atoms with Crippen LogP contribution < -0.4 is 0 Å². The van der Waals surface area contributed by atoms with Crippen molar-refractivity contribution in [3.8, 4) is 0 Å². The lowest BCUT2D eigenvalue weighted by Crippen LogP contribution is -2.19. The third kappa shape index (κ3) is 1.28. The van der Waals surface area contributed by atoms with Crippen molar-refractivity contribution in [3.63, 3.8) is 0 Å². The molecule has 0 saturated heterocycles. The molecule has 0 heterocycles. The van der Waals surface area contributed by atoms with E-state index < -0.39 is 0 Å². The first-order valence-corrected chi connectivity index (χ1v) is 6.89. The van der Waals surface area contributed by atoms with Crippen LogP contribution >= 0.6 is 0 Å². The molecule has 2 aliphatic carbocycles. The van der Waals surface area contributed by atoms with Crippen LogP contribution in [0, 0.1) is 6.92 Å². The highest BCUT2D eigenvalue weighted by Crippen LogP contribution is 2.51. The maximum absolute atomic E-state index is 2.36. The number of benzene rings is 1. The fourth-order valence-electron chi connectivity index (χ4n) is 4.20. The molecule has 1 saturated carbocycles. The van der Waals surface area contributed by atoms with E-state index in [0.29, 0.717) is 5.41 Å². The fourth-order valence-corrected chi connectivity index (χ4v) is 4.20. The van der Waals surface area contributed by atoms with Crippen LogP contribution in [0.1, 0.15) is 61.3 Å². The van der Waals surface area contributed by atoms with E-state index in [2.05, 4.69) is 26.0 Å². The molecule has 1 spiro atoms. The third-order valence-corrected chi connectivity index (χ3v) is 4.94. The van der Waals surface area contributed by atoms with Crippen LogP contribution in [-0.2, 0) is 18.3 Å². The first-order chi connectivity index (χ1) is 7.77. The molecular weight excluding hydrogens is 192 g/mol. The van der Waals surface area contributed by atoms with Gasteiger partial charge < -0.3 is 0 Å². The first kappa shape index (κ1) is 10.4. The molecule has 0 bridgehead atoms. The molecular formula is C16H22. The Kier molecular flexibility index (Phi) is 2.34. The van der Waals surface area contributed by atoms with E-state index in [1.807, 2.05) is 0 Å². The van der Waals surface area contributed by atoms with Gasteiger partial charge in [-0.05, 0) is 66.7 Å². The van der Waals surface area contributed by atoms with E-state index in [1.54, 1.807) is 22.3 Å². The van der Waals surface area contributed by atoms with Crippen LogP contribution in [0.2, 0.25) is 0 Å².